The quantitative estimate of drug-likeness (QED) is 0.732. The van der Waals surface area contributed by atoms with Crippen LogP contribution in [0.4, 0.5) is 5.69 Å². The Bertz CT molecular complexity index is 966. The second-order valence-corrected chi connectivity index (χ2v) is 9.09. The van der Waals surface area contributed by atoms with Gasteiger partial charge in [0.25, 0.3) is 0 Å². The molecule has 0 unspecified atom stereocenters. The number of anilines is 1. The molecule has 148 valence electrons. The van der Waals surface area contributed by atoms with Crippen molar-refractivity contribution in [3.05, 3.63) is 59.7 Å². The van der Waals surface area contributed by atoms with Gasteiger partial charge in [0.2, 0.25) is 15.9 Å². The highest BCUT2D eigenvalue weighted by Gasteiger charge is 2.26. The molecule has 2 aromatic rings. The van der Waals surface area contributed by atoms with Crippen molar-refractivity contribution in [2.75, 3.05) is 18.4 Å². The Morgan fingerprint density at radius 1 is 1.07 bits per heavy atom. The average Bonchev–Trinajstić information content (AvgIpc) is 3.19. The third-order valence-electron chi connectivity index (χ3n) is 4.68. The van der Waals surface area contributed by atoms with Crippen LogP contribution < -0.4 is 10.6 Å². The summed E-state index contributed by atoms with van der Waals surface area (Å²) in [5, 5.41) is 5.74. The number of hydrogen-bond acceptors (Lipinski definition) is 4. The molecule has 8 heteroatoms. The van der Waals surface area contributed by atoms with E-state index in [2.05, 4.69) is 10.6 Å². The summed E-state index contributed by atoms with van der Waals surface area (Å²) in [5.41, 5.74) is 2.60. The minimum Gasteiger partial charge on any atom is -0.332 e. The van der Waals surface area contributed by atoms with Gasteiger partial charge in [-0.2, -0.15) is 4.31 Å². The predicted molar refractivity (Wildman–Crippen MR) is 114 cm³/mol. The molecule has 1 amide bonds. The lowest BCUT2D eigenvalue weighted by molar-refractivity contribution is -0.119. The molecule has 1 saturated heterocycles. The zero-order valence-corrected chi connectivity index (χ0v) is 17.3. The Balaban J connectivity index is 1.57. The van der Waals surface area contributed by atoms with Gasteiger partial charge in [0.15, 0.2) is 5.11 Å². The molecule has 28 heavy (non-hydrogen) atoms. The topological polar surface area (TPSA) is 78.5 Å². The van der Waals surface area contributed by atoms with Gasteiger partial charge in [-0.3, -0.25) is 4.79 Å². The van der Waals surface area contributed by atoms with Crippen LogP contribution in [0.3, 0.4) is 0 Å². The molecule has 0 atom stereocenters. The highest BCUT2D eigenvalue weighted by atomic mass is 32.2. The van der Waals surface area contributed by atoms with Gasteiger partial charge < -0.3 is 10.6 Å². The fourth-order valence-corrected chi connectivity index (χ4v) is 4.85. The molecule has 2 N–H and O–H groups in total. The molecule has 0 radical (unpaired) electrons. The number of aryl methyl sites for hydroxylation is 1. The Morgan fingerprint density at radius 2 is 1.71 bits per heavy atom. The van der Waals surface area contributed by atoms with E-state index in [1.54, 1.807) is 24.3 Å². The smallest absolute Gasteiger partial charge is 0.243 e. The molecule has 3 rings (SSSR count). The van der Waals surface area contributed by atoms with E-state index in [1.807, 2.05) is 31.2 Å². The largest absolute Gasteiger partial charge is 0.332 e. The van der Waals surface area contributed by atoms with Crippen molar-refractivity contribution >= 4 is 38.9 Å². The zero-order valence-electron chi connectivity index (χ0n) is 15.6. The number of rotatable bonds is 5. The predicted octanol–water partition coefficient (Wildman–Crippen LogP) is 2.84. The van der Waals surface area contributed by atoms with Crippen LogP contribution in [0.25, 0.3) is 0 Å². The number of carbonyl (C=O) groups is 1. The van der Waals surface area contributed by atoms with Gasteiger partial charge in [-0.25, -0.2) is 8.42 Å². The minimum absolute atomic E-state index is 0.175. The fraction of sp³-hybridized carbons (Fsp3) is 0.300. The van der Waals surface area contributed by atoms with Crippen molar-refractivity contribution in [3.8, 4) is 0 Å². The Hall–Kier alpha value is -2.29. The highest BCUT2D eigenvalue weighted by molar-refractivity contribution is 7.89. The summed E-state index contributed by atoms with van der Waals surface area (Å²) < 4.78 is 26.6. The first-order chi connectivity index (χ1) is 13.4. The van der Waals surface area contributed by atoms with E-state index in [0.29, 0.717) is 18.8 Å². The van der Waals surface area contributed by atoms with Gasteiger partial charge in [0.1, 0.15) is 0 Å². The first-order valence-electron chi connectivity index (χ1n) is 9.12. The van der Waals surface area contributed by atoms with Gasteiger partial charge in [-0.05, 0) is 67.4 Å². The average molecular weight is 418 g/mol. The van der Waals surface area contributed by atoms with Crippen molar-refractivity contribution in [2.45, 2.75) is 31.1 Å². The minimum atomic E-state index is -3.44. The van der Waals surface area contributed by atoms with Crippen LogP contribution in [0.5, 0.6) is 0 Å². The van der Waals surface area contributed by atoms with Crippen LogP contribution in [0, 0.1) is 6.92 Å². The van der Waals surface area contributed by atoms with Crippen LogP contribution in [0.2, 0.25) is 0 Å². The molecule has 0 aliphatic carbocycles. The van der Waals surface area contributed by atoms with Crippen molar-refractivity contribution in [1.82, 2.24) is 9.62 Å². The van der Waals surface area contributed by atoms with E-state index in [9.17, 15) is 13.2 Å². The maximum Gasteiger partial charge on any atom is 0.243 e. The summed E-state index contributed by atoms with van der Waals surface area (Å²) in [7, 11) is -3.44. The second-order valence-electron chi connectivity index (χ2n) is 6.74. The highest BCUT2D eigenvalue weighted by Crippen LogP contribution is 2.22. The molecular formula is C20H23N3O3S2. The zero-order chi connectivity index (χ0) is 20.1. The van der Waals surface area contributed by atoms with Crippen LogP contribution in [0.1, 0.15) is 24.0 Å². The molecule has 0 saturated carbocycles. The lowest BCUT2D eigenvalue weighted by atomic mass is 10.1. The maximum atomic E-state index is 12.5. The third kappa shape index (κ3) is 4.95. The first kappa shape index (κ1) is 20.4. The van der Waals surface area contributed by atoms with Gasteiger partial charge in [0.05, 0.1) is 11.3 Å². The standard InChI is InChI=1S/C20H23N3O3S2/c1-15-6-2-3-7-16(15)14-19(24)22-20(27)21-17-8-10-18(11-9-17)28(25,26)23-12-4-5-13-23/h2-3,6-11H,4-5,12-14H2,1H3,(H2,21,22,24,27). The molecule has 1 fully saturated rings. The number of sulfonamides is 1. The molecule has 6 nitrogen and oxygen atoms in total. The monoisotopic (exact) mass is 417 g/mol. The SMILES string of the molecule is Cc1ccccc1CC(=O)NC(=S)Nc1ccc(S(=O)(=O)N2CCCC2)cc1. The number of benzene rings is 2. The number of carbonyl (C=O) groups excluding carboxylic acids is 1. The lowest BCUT2D eigenvalue weighted by Gasteiger charge is -2.16. The van der Waals surface area contributed by atoms with Crippen molar-refractivity contribution < 1.29 is 13.2 Å². The number of amides is 1. The third-order valence-corrected chi connectivity index (χ3v) is 6.80. The Morgan fingerprint density at radius 3 is 2.36 bits per heavy atom. The van der Waals surface area contributed by atoms with Crippen LogP contribution in [-0.4, -0.2) is 36.8 Å². The number of hydrogen-bond donors (Lipinski definition) is 2. The lowest BCUT2D eigenvalue weighted by Crippen LogP contribution is -2.35. The number of nitrogens with one attached hydrogen (secondary N) is 2. The van der Waals surface area contributed by atoms with E-state index >= 15 is 0 Å². The molecule has 1 aliphatic rings. The molecule has 0 bridgehead atoms. The van der Waals surface area contributed by atoms with Gasteiger partial charge in [-0.15, -0.1) is 0 Å². The van der Waals surface area contributed by atoms with E-state index < -0.39 is 10.0 Å². The summed E-state index contributed by atoms with van der Waals surface area (Å²) in [4.78, 5) is 12.4. The summed E-state index contributed by atoms with van der Waals surface area (Å²) in [6.07, 6.45) is 2.03. The van der Waals surface area contributed by atoms with Crippen LogP contribution in [-0.2, 0) is 21.2 Å². The van der Waals surface area contributed by atoms with Gasteiger partial charge in [0, 0.05) is 18.8 Å². The van der Waals surface area contributed by atoms with Crippen LogP contribution in [0.15, 0.2) is 53.4 Å². The summed E-state index contributed by atoms with van der Waals surface area (Å²) in [5.74, 6) is -0.208. The summed E-state index contributed by atoms with van der Waals surface area (Å²) in [6, 6.07) is 14.1. The van der Waals surface area contributed by atoms with E-state index in [1.165, 1.54) is 4.31 Å². The number of nitrogens with zero attached hydrogens (tertiary/aromatic N) is 1. The first-order valence-corrected chi connectivity index (χ1v) is 11.0. The van der Waals surface area contributed by atoms with E-state index in [-0.39, 0.29) is 22.3 Å². The fourth-order valence-electron chi connectivity index (χ4n) is 3.10. The van der Waals surface area contributed by atoms with E-state index in [4.69, 9.17) is 12.2 Å². The maximum absolute atomic E-state index is 12.5. The van der Waals surface area contributed by atoms with Gasteiger partial charge >= 0.3 is 0 Å². The van der Waals surface area contributed by atoms with Gasteiger partial charge in [-0.1, -0.05) is 24.3 Å². The Labute approximate surface area is 171 Å². The number of thiocarbonyl (C=S) groups is 1. The van der Waals surface area contributed by atoms with Crippen molar-refractivity contribution in [2.24, 2.45) is 0 Å². The van der Waals surface area contributed by atoms with E-state index in [0.717, 1.165) is 24.0 Å². The summed E-state index contributed by atoms with van der Waals surface area (Å²) in [6.45, 7) is 3.09. The molecule has 0 aromatic heterocycles. The molecule has 0 spiro atoms. The second kappa shape index (κ2) is 8.81. The molecule has 1 heterocycles. The summed E-state index contributed by atoms with van der Waals surface area (Å²) >= 11 is 5.19. The molecular weight excluding hydrogens is 394 g/mol. The van der Waals surface area contributed by atoms with Crippen molar-refractivity contribution in [1.29, 1.82) is 0 Å². The van der Waals surface area contributed by atoms with Crippen molar-refractivity contribution in [3.63, 3.8) is 0 Å². The Kier molecular flexibility index (Phi) is 6.43. The van der Waals surface area contributed by atoms with Crippen LogP contribution >= 0.6 is 12.2 Å². The molecule has 1 aliphatic heterocycles. The molecule has 2 aromatic carbocycles. The normalized spacial score (nSPS) is 14.6.